The van der Waals surface area contributed by atoms with Gasteiger partial charge in [0, 0.05) is 22.1 Å². The van der Waals surface area contributed by atoms with E-state index >= 15 is 0 Å². The molecule has 2 N–H and O–H groups in total. The first-order valence-corrected chi connectivity index (χ1v) is 11.8. The van der Waals surface area contributed by atoms with Crippen molar-refractivity contribution in [3.05, 3.63) is 71.9 Å². The summed E-state index contributed by atoms with van der Waals surface area (Å²) < 4.78 is 38.4. The van der Waals surface area contributed by atoms with Crippen LogP contribution in [0.2, 0.25) is 0 Å². The zero-order chi connectivity index (χ0) is 25.9. The summed E-state index contributed by atoms with van der Waals surface area (Å²) >= 11 is 1.50. The maximum absolute atomic E-state index is 12.9. The van der Waals surface area contributed by atoms with Crippen molar-refractivity contribution in [3.63, 3.8) is 0 Å². The average Bonchev–Trinajstić information content (AvgIpc) is 3.34. The predicted molar refractivity (Wildman–Crippen MR) is 132 cm³/mol. The Labute approximate surface area is 209 Å². The van der Waals surface area contributed by atoms with Crippen LogP contribution in [0.25, 0.3) is 22.5 Å². The molecular weight excluding hydrogens is 489 g/mol. The molecule has 0 saturated heterocycles. The fraction of sp³-hybridized carbons (Fsp3) is 0.240. The summed E-state index contributed by atoms with van der Waals surface area (Å²) in [6.45, 7) is 6.10. The number of hydrogen-bond donors (Lipinski definition) is 2. The molecule has 4 rings (SSSR count). The zero-order valence-corrected chi connectivity index (χ0v) is 20.5. The predicted octanol–water partition coefficient (Wildman–Crippen LogP) is 6.02. The van der Waals surface area contributed by atoms with Crippen molar-refractivity contribution >= 4 is 23.4 Å². The molecule has 7 nitrogen and oxygen atoms in total. The molecule has 11 heteroatoms. The van der Waals surface area contributed by atoms with Gasteiger partial charge < -0.3 is 5.32 Å². The quantitative estimate of drug-likeness (QED) is 0.307. The Morgan fingerprint density at radius 2 is 1.72 bits per heavy atom. The fourth-order valence-corrected chi connectivity index (χ4v) is 4.37. The van der Waals surface area contributed by atoms with Crippen LogP contribution in [0.5, 0.6) is 0 Å². The second-order valence-electron chi connectivity index (χ2n) is 9.01. The number of nitrogens with zero attached hydrogens (tertiary/aromatic N) is 4. The maximum atomic E-state index is 12.9. The molecule has 0 aliphatic carbocycles. The number of carbonyl (C=O) groups excluding carboxylic acids is 1. The minimum atomic E-state index is -4.43. The van der Waals surface area contributed by atoms with Crippen molar-refractivity contribution < 1.29 is 18.0 Å². The van der Waals surface area contributed by atoms with Crippen molar-refractivity contribution in [2.75, 3.05) is 5.32 Å². The van der Waals surface area contributed by atoms with Crippen LogP contribution < -0.4 is 5.32 Å². The summed E-state index contributed by atoms with van der Waals surface area (Å²) in [5.74, 6) is 0.129. The van der Waals surface area contributed by atoms with Crippen LogP contribution >= 0.6 is 11.8 Å². The van der Waals surface area contributed by atoms with Crippen LogP contribution in [-0.4, -0.2) is 36.3 Å². The SMILES string of the molecule is CC(C)(C)Sc1ncc(-c2ccccc2-c2nnn[nH]2)cc1NC(=O)Cc1ccc(C(F)(F)F)cc1. The van der Waals surface area contributed by atoms with E-state index in [1.54, 1.807) is 6.20 Å². The van der Waals surface area contributed by atoms with Gasteiger partial charge in [-0.25, -0.2) is 10.1 Å². The van der Waals surface area contributed by atoms with Gasteiger partial charge in [0.1, 0.15) is 5.03 Å². The van der Waals surface area contributed by atoms with Crippen LogP contribution in [0, 0.1) is 0 Å². The van der Waals surface area contributed by atoms with E-state index in [0.717, 1.165) is 28.8 Å². The third-order valence-electron chi connectivity index (χ3n) is 5.01. The lowest BCUT2D eigenvalue weighted by Gasteiger charge is -2.20. The number of alkyl halides is 3. The van der Waals surface area contributed by atoms with E-state index in [1.165, 1.54) is 23.9 Å². The molecule has 1 amide bonds. The average molecular weight is 513 g/mol. The van der Waals surface area contributed by atoms with Crippen molar-refractivity contribution in [2.24, 2.45) is 0 Å². The smallest absolute Gasteiger partial charge is 0.323 e. The molecule has 0 unspecified atom stereocenters. The highest BCUT2D eigenvalue weighted by Gasteiger charge is 2.30. The molecule has 36 heavy (non-hydrogen) atoms. The van der Waals surface area contributed by atoms with Gasteiger partial charge in [0.25, 0.3) is 0 Å². The number of halogens is 3. The number of pyridine rings is 1. The van der Waals surface area contributed by atoms with Crippen molar-refractivity contribution in [3.8, 4) is 22.5 Å². The van der Waals surface area contributed by atoms with Gasteiger partial charge in [0.05, 0.1) is 17.7 Å². The molecule has 0 bridgehead atoms. The number of anilines is 1. The fourth-order valence-electron chi connectivity index (χ4n) is 3.47. The highest BCUT2D eigenvalue weighted by atomic mass is 32.2. The molecule has 2 aromatic heterocycles. The van der Waals surface area contributed by atoms with Crippen molar-refractivity contribution in [2.45, 2.75) is 43.1 Å². The summed E-state index contributed by atoms with van der Waals surface area (Å²) in [7, 11) is 0. The van der Waals surface area contributed by atoms with E-state index in [4.69, 9.17) is 0 Å². The normalized spacial score (nSPS) is 11.9. The van der Waals surface area contributed by atoms with Crippen LogP contribution in [0.1, 0.15) is 31.9 Å². The summed E-state index contributed by atoms with van der Waals surface area (Å²) in [6.07, 6.45) is -2.78. The van der Waals surface area contributed by atoms with Crippen LogP contribution in [0.3, 0.4) is 0 Å². The molecule has 186 valence electrons. The number of benzene rings is 2. The Balaban J connectivity index is 1.64. The van der Waals surface area contributed by atoms with Crippen LogP contribution in [-0.2, 0) is 17.4 Å². The molecule has 0 atom stereocenters. The number of tetrazole rings is 1. The van der Waals surface area contributed by atoms with Crippen LogP contribution in [0.15, 0.2) is 65.8 Å². The van der Waals surface area contributed by atoms with Gasteiger partial charge in [0.2, 0.25) is 5.91 Å². The Morgan fingerprint density at radius 3 is 2.33 bits per heavy atom. The Morgan fingerprint density at radius 1 is 1.03 bits per heavy atom. The zero-order valence-electron chi connectivity index (χ0n) is 19.7. The lowest BCUT2D eigenvalue weighted by Crippen LogP contribution is -2.17. The lowest BCUT2D eigenvalue weighted by atomic mass is 10.0. The Kier molecular flexibility index (Phi) is 7.11. The van der Waals surface area contributed by atoms with Gasteiger partial charge in [-0.2, -0.15) is 13.2 Å². The molecule has 2 heterocycles. The number of hydrogen-bond acceptors (Lipinski definition) is 6. The number of carbonyl (C=O) groups is 1. The highest BCUT2D eigenvalue weighted by molar-refractivity contribution is 8.00. The minimum Gasteiger partial charge on any atom is -0.323 e. The molecule has 2 aromatic carbocycles. The molecule has 4 aromatic rings. The lowest BCUT2D eigenvalue weighted by molar-refractivity contribution is -0.137. The summed E-state index contributed by atoms with van der Waals surface area (Å²) in [6, 6.07) is 13.9. The van der Waals surface area contributed by atoms with E-state index in [2.05, 4.69) is 30.9 Å². The second-order valence-corrected chi connectivity index (χ2v) is 10.8. The highest BCUT2D eigenvalue weighted by Crippen LogP contribution is 2.38. The monoisotopic (exact) mass is 512 g/mol. The topological polar surface area (TPSA) is 96.4 Å². The molecular formula is C25H23F3N6OS. The van der Waals surface area contributed by atoms with Gasteiger partial charge >= 0.3 is 6.18 Å². The van der Waals surface area contributed by atoms with Gasteiger partial charge in [-0.05, 0) is 39.8 Å². The molecule has 0 spiro atoms. The van der Waals surface area contributed by atoms with E-state index in [-0.39, 0.29) is 17.1 Å². The summed E-state index contributed by atoms with van der Waals surface area (Å²) in [4.78, 5) is 17.5. The molecule has 0 radical (unpaired) electrons. The van der Waals surface area contributed by atoms with Crippen molar-refractivity contribution in [1.29, 1.82) is 0 Å². The number of rotatable bonds is 6. The third-order valence-corrected chi connectivity index (χ3v) is 6.14. The molecule has 0 saturated carbocycles. The largest absolute Gasteiger partial charge is 0.416 e. The van der Waals surface area contributed by atoms with Gasteiger partial charge in [0.15, 0.2) is 5.82 Å². The Bertz CT molecular complexity index is 1350. The minimum absolute atomic E-state index is 0.0810. The van der Waals surface area contributed by atoms with E-state index in [9.17, 15) is 18.0 Å². The van der Waals surface area contributed by atoms with E-state index in [0.29, 0.717) is 22.1 Å². The second kappa shape index (κ2) is 10.1. The number of aromatic nitrogens is 5. The third kappa shape index (κ3) is 6.28. The first-order valence-electron chi connectivity index (χ1n) is 11.0. The standard InChI is InChI=1S/C25H23F3N6OS/c1-24(2,3)36-23-20(30-21(35)12-15-8-10-17(11-9-15)25(26,27)28)13-16(14-29-23)18-6-4-5-7-19(18)22-31-33-34-32-22/h4-11,13-14H,12H2,1-3H3,(H,30,35)(H,31,32,33,34). The van der Waals surface area contributed by atoms with E-state index < -0.39 is 11.7 Å². The summed E-state index contributed by atoms with van der Waals surface area (Å²) in [5.41, 5.74) is 2.54. The maximum Gasteiger partial charge on any atom is 0.416 e. The van der Waals surface area contributed by atoms with Gasteiger partial charge in [-0.1, -0.05) is 68.9 Å². The molecule has 0 aliphatic rings. The van der Waals surface area contributed by atoms with Gasteiger partial charge in [-0.15, -0.1) is 5.10 Å². The summed E-state index contributed by atoms with van der Waals surface area (Å²) in [5, 5.41) is 17.6. The first kappa shape index (κ1) is 25.4. The molecule has 0 fully saturated rings. The first-order chi connectivity index (χ1) is 17.0. The number of aromatic amines is 1. The number of thioether (sulfide) groups is 1. The Hall–Kier alpha value is -3.73. The number of nitrogens with one attached hydrogen (secondary N) is 2. The van der Waals surface area contributed by atoms with Crippen molar-refractivity contribution in [1.82, 2.24) is 25.6 Å². The number of H-pyrrole nitrogens is 1. The number of amides is 1. The van der Waals surface area contributed by atoms with Gasteiger partial charge in [-0.3, -0.25) is 4.79 Å². The van der Waals surface area contributed by atoms with E-state index in [1.807, 2.05) is 51.1 Å². The van der Waals surface area contributed by atoms with Crippen LogP contribution in [0.4, 0.5) is 18.9 Å². The molecule has 0 aliphatic heterocycles.